The molecule has 2 amide bonds. The second-order valence-electron chi connectivity index (χ2n) is 6.34. The van der Waals surface area contributed by atoms with Gasteiger partial charge in [-0.05, 0) is 22.6 Å². The number of hydrogen-bond acceptors (Lipinski definition) is 8. The van der Waals surface area contributed by atoms with Gasteiger partial charge in [0.25, 0.3) is 0 Å². The molecular formula is C16H20N8O3. The Bertz CT molecular complexity index is 827. The van der Waals surface area contributed by atoms with Gasteiger partial charge in [-0.1, -0.05) is 12.1 Å². The van der Waals surface area contributed by atoms with Crippen LogP contribution in [0.1, 0.15) is 6.17 Å². The summed E-state index contributed by atoms with van der Waals surface area (Å²) in [5, 5.41) is 11.1. The van der Waals surface area contributed by atoms with E-state index >= 15 is 0 Å². The lowest BCUT2D eigenvalue weighted by Crippen LogP contribution is -2.54. The highest BCUT2D eigenvalue weighted by molar-refractivity contribution is 5.99. The molecule has 0 saturated carbocycles. The van der Waals surface area contributed by atoms with Gasteiger partial charge in [0.15, 0.2) is 0 Å². The van der Waals surface area contributed by atoms with E-state index in [1.54, 1.807) is 16.9 Å². The molecule has 3 heterocycles. The molecule has 0 radical (unpaired) electrons. The van der Waals surface area contributed by atoms with Crippen LogP contribution in [0.3, 0.4) is 0 Å². The minimum absolute atomic E-state index is 0.0235. The second kappa shape index (κ2) is 7.29. The molecule has 11 heteroatoms. The van der Waals surface area contributed by atoms with E-state index in [4.69, 9.17) is 4.74 Å². The first kappa shape index (κ1) is 17.4. The molecule has 2 N–H and O–H groups in total. The zero-order valence-corrected chi connectivity index (χ0v) is 14.8. The van der Waals surface area contributed by atoms with Gasteiger partial charge in [0.1, 0.15) is 24.8 Å². The Morgan fingerprint density at radius 2 is 2.15 bits per heavy atom. The number of rotatable bonds is 4. The molecule has 0 spiro atoms. The number of anilines is 1. The monoisotopic (exact) mass is 372 g/mol. The van der Waals surface area contributed by atoms with E-state index in [1.165, 1.54) is 11.0 Å². The number of amides is 2. The fourth-order valence-corrected chi connectivity index (χ4v) is 3.46. The van der Waals surface area contributed by atoms with Crippen molar-refractivity contribution < 1.29 is 14.3 Å². The molecule has 2 aliphatic rings. The average molecular weight is 372 g/mol. The summed E-state index contributed by atoms with van der Waals surface area (Å²) in [4.78, 5) is 28.9. The van der Waals surface area contributed by atoms with Gasteiger partial charge in [-0.2, -0.15) is 0 Å². The Balaban J connectivity index is 1.46. The smallest absolute Gasteiger partial charge is 0.246 e. The van der Waals surface area contributed by atoms with Gasteiger partial charge in [0, 0.05) is 19.6 Å². The van der Waals surface area contributed by atoms with Gasteiger partial charge in [-0.15, -0.1) is 5.10 Å². The fraction of sp³-hybridized carbons (Fsp3) is 0.438. The minimum atomic E-state index is -0.404. The van der Waals surface area contributed by atoms with E-state index in [-0.39, 0.29) is 18.4 Å². The van der Waals surface area contributed by atoms with Crippen LogP contribution in [-0.4, -0.2) is 70.2 Å². The van der Waals surface area contributed by atoms with Crippen molar-refractivity contribution >= 4 is 17.5 Å². The number of aromatic nitrogens is 4. The van der Waals surface area contributed by atoms with Crippen LogP contribution in [0.15, 0.2) is 30.6 Å². The lowest BCUT2D eigenvalue weighted by Gasteiger charge is -2.36. The standard InChI is InChI=1S/C16H20N8O3/c1-27-13-5-3-2-4-12(13)23-7-6-22(9-14(23)25)16(26)11-8-17-19-15(11)24-10-18-20-21-24/h2-5,10-11,15,17,19H,6-9H2,1H3. The number of hydrazine groups is 1. The molecule has 2 aromatic rings. The molecule has 2 unspecified atom stereocenters. The zero-order valence-electron chi connectivity index (χ0n) is 14.8. The first-order valence-corrected chi connectivity index (χ1v) is 8.62. The molecule has 0 bridgehead atoms. The number of carbonyl (C=O) groups is 2. The highest BCUT2D eigenvalue weighted by atomic mass is 16.5. The summed E-state index contributed by atoms with van der Waals surface area (Å²) < 4.78 is 6.84. The predicted octanol–water partition coefficient (Wildman–Crippen LogP) is -1.22. The number of carbonyl (C=O) groups excluding carboxylic acids is 2. The van der Waals surface area contributed by atoms with Crippen molar-refractivity contribution in [1.82, 2.24) is 36.0 Å². The molecular weight excluding hydrogens is 352 g/mol. The maximum Gasteiger partial charge on any atom is 0.246 e. The number of para-hydroxylation sites is 2. The Kier molecular flexibility index (Phi) is 4.69. The number of benzene rings is 1. The number of tetrazole rings is 1. The lowest BCUT2D eigenvalue weighted by molar-refractivity contribution is -0.140. The van der Waals surface area contributed by atoms with E-state index in [0.29, 0.717) is 31.1 Å². The van der Waals surface area contributed by atoms with Crippen LogP contribution in [-0.2, 0) is 9.59 Å². The van der Waals surface area contributed by atoms with Crippen LogP contribution in [0, 0.1) is 5.92 Å². The summed E-state index contributed by atoms with van der Waals surface area (Å²) in [6.45, 7) is 1.31. The van der Waals surface area contributed by atoms with Crippen molar-refractivity contribution in [1.29, 1.82) is 0 Å². The summed E-state index contributed by atoms with van der Waals surface area (Å²) in [6.07, 6.45) is 1.06. The largest absolute Gasteiger partial charge is 0.495 e. The molecule has 4 rings (SSSR count). The first-order valence-electron chi connectivity index (χ1n) is 8.62. The summed E-state index contributed by atoms with van der Waals surface area (Å²) >= 11 is 0. The topological polar surface area (TPSA) is 118 Å². The molecule has 27 heavy (non-hydrogen) atoms. The van der Waals surface area contributed by atoms with Crippen LogP contribution in [0.5, 0.6) is 5.75 Å². The molecule has 1 aromatic carbocycles. The highest BCUT2D eigenvalue weighted by Gasteiger charge is 2.40. The summed E-state index contributed by atoms with van der Waals surface area (Å²) in [6, 6.07) is 7.36. The quantitative estimate of drug-likeness (QED) is 0.686. The van der Waals surface area contributed by atoms with E-state index in [2.05, 4.69) is 26.4 Å². The van der Waals surface area contributed by atoms with Crippen LogP contribution < -0.4 is 20.5 Å². The van der Waals surface area contributed by atoms with Crippen molar-refractivity contribution in [2.24, 2.45) is 5.92 Å². The van der Waals surface area contributed by atoms with Crippen molar-refractivity contribution in [2.75, 3.05) is 38.2 Å². The Labute approximate surface area is 155 Å². The summed E-state index contributed by atoms with van der Waals surface area (Å²) in [5.74, 6) is -0.0225. The molecule has 1 aromatic heterocycles. The van der Waals surface area contributed by atoms with Gasteiger partial charge < -0.3 is 14.5 Å². The maximum absolute atomic E-state index is 13.0. The van der Waals surface area contributed by atoms with E-state index < -0.39 is 12.1 Å². The number of hydrogen-bond donors (Lipinski definition) is 2. The number of piperazine rings is 1. The van der Waals surface area contributed by atoms with Gasteiger partial charge >= 0.3 is 0 Å². The molecule has 0 aliphatic carbocycles. The fourth-order valence-electron chi connectivity index (χ4n) is 3.46. The van der Waals surface area contributed by atoms with Crippen molar-refractivity contribution in [2.45, 2.75) is 6.17 Å². The number of nitrogens with zero attached hydrogens (tertiary/aromatic N) is 6. The highest BCUT2D eigenvalue weighted by Crippen LogP contribution is 2.29. The van der Waals surface area contributed by atoms with Gasteiger partial charge in [-0.3, -0.25) is 15.0 Å². The molecule has 2 saturated heterocycles. The third-order valence-corrected chi connectivity index (χ3v) is 4.83. The first-order chi connectivity index (χ1) is 13.2. The summed E-state index contributed by atoms with van der Waals surface area (Å²) in [5.41, 5.74) is 6.68. The van der Waals surface area contributed by atoms with E-state index in [0.717, 1.165) is 0 Å². The summed E-state index contributed by atoms with van der Waals surface area (Å²) in [7, 11) is 1.57. The van der Waals surface area contributed by atoms with Gasteiger partial charge in [-0.25, -0.2) is 10.1 Å². The number of ether oxygens (including phenoxy) is 1. The van der Waals surface area contributed by atoms with E-state index in [9.17, 15) is 9.59 Å². The number of methoxy groups -OCH3 is 1. The van der Waals surface area contributed by atoms with Crippen LogP contribution in [0.2, 0.25) is 0 Å². The Hall–Kier alpha value is -3.05. The van der Waals surface area contributed by atoms with Crippen LogP contribution in [0.4, 0.5) is 5.69 Å². The Morgan fingerprint density at radius 1 is 1.30 bits per heavy atom. The maximum atomic E-state index is 13.0. The third-order valence-electron chi connectivity index (χ3n) is 4.83. The SMILES string of the molecule is COc1ccccc1N1CCN(C(=O)C2CNNC2n2cnnn2)CC1=O. The second-order valence-corrected chi connectivity index (χ2v) is 6.34. The molecule has 142 valence electrons. The van der Waals surface area contributed by atoms with Crippen LogP contribution in [0.25, 0.3) is 0 Å². The molecule has 11 nitrogen and oxygen atoms in total. The minimum Gasteiger partial charge on any atom is -0.495 e. The van der Waals surface area contributed by atoms with Crippen molar-refractivity contribution in [3.05, 3.63) is 30.6 Å². The predicted molar refractivity (Wildman–Crippen MR) is 93.4 cm³/mol. The lowest BCUT2D eigenvalue weighted by atomic mass is 10.1. The van der Waals surface area contributed by atoms with E-state index in [1.807, 2.05) is 24.3 Å². The molecule has 2 aliphatic heterocycles. The van der Waals surface area contributed by atoms with Gasteiger partial charge in [0.2, 0.25) is 11.8 Å². The van der Waals surface area contributed by atoms with Crippen LogP contribution >= 0.6 is 0 Å². The Morgan fingerprint density at radius 3 is 2.89 bits per heavy atom. The normalized spacial score (nSPS) is 22.9. The number of nitrogens with one attached hydrogen (secondary N) is 2. The third kappa shape index (κ3) is 3.22. The average Bonchev–Trinajstić information content (AvgIpc) is 3.38. The van der Waals surface area contributed by atoms with Crippen molar-refractivity contribution in [3.63, 3.8) is 0 Å². The zero-order chi connectivity index (χ0) is 18.8. The molecule has 2 atom stereocenters. The molecule has 2 fully saturated rings. The van der Waals surface area contributed by atoms with Gasteiger partial charge in [0.05, 0.1) is 18.7 Å². The van der Waals surface area contributed by atoms with Crippen molar-refractivity contribution in [3.8, 4) is 5.75 Å².